The van der Waals surface area contributed by atoms with E-state index in [0.717, 1.165) is 0 Å². The van der Waals surface area contributed by atoms with Crippen LogP contribution in [0, 0.1) is 5.82 Å². The van der Waals surface area contributed by atoms with Crippen LogP contribution in [0.3, 0.4) is 0 Å². The molecular formula is C20H19ClFN5O3. The van der Waals surface area contributed by atoms with E-state index < -0.39 is 23.7 Å². The van der Waals surface area contributed by atoms with Crippen LogP contribution in [-0.2, 0) is 14.4 Å². The average molecular weight is 432 g/mol. The molecule has 1 heterocycles. The molecule has 0 fully saturated rings. The lowest BCUT2D eigenvalue weighted by Crippen LogP contribution is -2.39. The highest BCUT2D eigenvalue weighted by atomic mass is 35.5. The molecule has 1 aliphatic rings. The number of carbonyl (C=O) groups is 3. The van der Waals surface area contributed by atoms with Crippen LogP contribution in [0.2, 0.25) is 5.02 Å². The second-order valence-electron chi connectivity index (χ2n) is 6.54. The van der Waals surface area contributed by atoms with Crippen LogP contribution in [0.1, 0.15) is 19.8 Å². The van der Waals surface area contributed by atoms with Crippen molar-refractivity contribution >= 4 is 52.1 Å². The van der Waals surface area contributed by atoms with Gasteiger partial charge in [0.25, 0.3) is 5.91 Å². The molecule has 8 nitrogen and oxygen atoms in total. The Bertz CT molecular complexity index is 1030. The van der Waals surface area contributed by atoms with E-state index >= 15 is 0 Å². The SMILES string of the molecule is CCC(=O)Nc1ccc(Cl)c(NC(=O)C2=NN(c3ccc(F)cc3)C(C(N)=O)C2)c1. The molecule has 0 saturated heterocycles. The lowest BCUT2D eigenvalue weighted by molar-refractivity contribution is -0.119. The molecule has 2 aromatic rings. The van der Waals surface area contributed by atoms with Crippen molar-refractivity contribution in [2.75, 3.05) is 15.6 Å². The molecule has 2 aromatic carbocycles. The number of carbonyl (C=O) groups excluding carboxylic acids is 3. The van der Waals surface area contributed by atoms with Gasteiger partial charge in [-0.3, -0.25) is 19.4 Å². The summed E-state index contributed by atoms with van der Waals surface area (Å²) in [5.41, 5.74) is 6.67. The first kappa shape index (κ1) is 21.3. The summed E-state index contributed by atoms with van der Waals surface area (Å²) in [6.07, 6.45) is 0.275. The molecule has 0 radical (unpaired) electrons. The van der Waals surface area contributed by atoms with Crippen LogP contribution < -0.4 is 21.4 Å². The number of rotatable bonds is 6. The van der Waals surface area contributed by atoms with Crippen molar-refractivity contribution in [3.05, 3.63) is 53.3 Å². The number of nitrogens with zero attached hydrogens (tertiary/aromatic N) is 2. The monoisotopic (exact) mass is 431 g/mol. The van der Waals surface area contributed by atoms with Gasteiger partial charge in [-0.1, -0.05) is 18.5 Å². The van der Waals surface area contributed by atoms with E-state index in [1.54, 1.807) is 13.0 Å². The number of hydrogen-bond donors (Lipinski definition) is 3. The number of anilines is 3. The highest BCUT2D eigenvalue weighted by molar-refractivity contribution is 6.45. The van der Waals surface area contributed by atoms with Gasteiger partial charge in [-0.15, -0.1) is 0 Å². The minimum Gasteiger partial charge on any atom is -0.368 e. The number of primary amides is 1. The quantitative estimate of drug-likeness (QED) is 0.651. The third-order valence-electron chi connectivity index (χ3n) is 4.41. The maximum absolute atomic E-state index is 13.2. The Hall–Kier alpha value is -3.46. The number of hydrogen-bond acceptors (Lipinski definition) is 5. The number of benzene rings is 2. The maximum Gasteiger partial charge on any atom is 0.272 e. The number of halogens is 2. The molecule has 30 heavy (non-hydrogen) atoms. The van der Waals surface area contributed by atoms with E-state index in [4.69, 9.17) is 17.3 Å². The first-order chi connectivity index (χ1) is 14.3. The van der Waals surface area contributed by atoms with E-state index in [1.807, 2.05) is 0 Å². The predicted octanol–water partition coefficient (Wildman–Crippen LogP) is 2.89. The van der Waals surface area contributed by atoms with Crippen LogP contribution in [0.25, 0.3) is 0 Å². The molecule has 0 spiro atoms. The summed E-state index contributed by atoms with van der Waals surface area (Å²) < 4.78 is 13.2. The first-order valence-electron chi connectivity index (χ1n) is 9.10. The molecule has 0 bridgehead atoms. The van der Waals surface area contributed by atoms with Crippen molar-refractivity contribution < 1.29 is 18.8 Å². The molecule has 3 amide bonds. The zero-order valence-electron chi connectivity index (χ0n) is 16.0. The van der Waals surface area contributed by atoms with Gasteiger partial charge in [-0.05, 0) is 42.5 Å². The predicted molar refractivity (Wildman–Crippen MR) is 113 cm³/mol. The normalized spacial score (nSPS) is 15.5. The second-order valence-corrected chi connectivity index (χ2v) is 6.95. The Balaban J connectivity index is 1.82. The molecule has 10 heteroatoms. The number of nitrogens with one attached hydrogen (secondary N) is 2. The molecule has 1 aliphatic heterocycles. The molecule has 1 unspecified atom stereocenters. The fraction of sp³-hybridized carbons (Fsp3) is 0.200. The summed E-state index contributed by atoms with van der Waals surface area (Å²) in [6.45, 7) is 1.72. The first-order valence-corrected chi connectivity index (χ1v) is 9.48. The standard InChI is InChI=1S/C20H19ClFN5O3/c1-2-18(28)24-12-5-8-14(21)15(9-12)25-20(30)16-10-17(19(23)29)27(26-16)13-6-3-11(22)4-7-13/h3-9,17H,2,10H2,1H3,(H2,23,29)(H,24,28)(H,25,30). The van der Waals surface area contributed by atoms with Gasteiger partial charge in [0.15, 0.2) is 0 Å². The summed E-state index contributed by atoms with van der Waals surface area (Å²) >= 11 is 6.15. The lowest BCUT2D eigenvalue weighted by atomic mass is 10.1. The van der Waals surface area contributed by atoms with E-state index in [0.29, 0.717) is 17.8 Å². The second kappa shape index (κ2) is 8.91. The Kier molecular flexibility index (Phi) is 6.31. The number of nitrogens with two attached hydrogens (primary N) is 1. The Morgan fingerprint density at radius 3 is 2.53 bits per heavy atom. The van der Waals surface area contributed by atoms with Crippen molar-refractivity contribution in [2.45, 2.75) is 25.8 Å². The van der Waals surface area contributed by atoms with Gasteiger partial charge in [-0.2, -0.15) is 5.10 Å². The van der Waals surface area contributed by atoms with Gasteiger partial charge in [0.1, 0.15) is 17.6 Å². The molecule has 0 aromatic heterocycles. The van der Waals surface area contributed by atoms with Gasteiger partial charge < -0.3 is 16.4 Å². The van der Waals surface area contributed by atoms with Crippen molar-refractivity contribution in [3.63, 3.8) is 0 Å². The van der Waals surface area contributed by atoms with Crippen LogP contribution in [-0.4, -0.2) is 29.5 Å². The van der Waals surface area contributed by atoms with Crippen molar-refractivity contribution in [1.29, 1.82) is 0 Å². The van der Waals surface area contributed by atoms with E-state index in [-0.39, 0.29) is 28.7 Å². The van der Waals surface area contributed by atoms with Crippen LogP contribution in [0.5, 0.6) is 0 Å². The smallest absolute Gasteiger partial charge is 0.272 e. The van der Waals surface area contributed by atoms with E-state index in [1.165, 1.54) is 41.4 Å². The van der Waals surface area contributed by atoms with Crippen molar-refractivity contribution in [1.82, 2.24) is 0 Å². The van der Waals surface area contributed by atoms with Gasteiger partial charge in [0.2, 0.25) is 11.8 Å². The fourth-order valence-electron chi connectivity index (χ4n) is 2.84. The fourth-order valence-corrected chi connectivity index (χ4v) is 3.01. The zero-order chi connectivity index (χ0) is 21.8. The van der Waals surface area contributed by atoms with Gasteiger partial charge in [-0.25, -0.2) is 4.39 Å². The van der Waals surface area contributed by atoms with Gasteiger partial charge in [0, 0.05) is 18.5 Å². The summed E-state index contributed by atoms with van der Waals surface area (Å²) in [6, 6.07) is 9.09. The Morgan fingerprint density at radius 1 is 1.20 bits per heavy atom. The number of hydrazone groups is 1. The molecule has 4 N–H and O–H groups in total. The summed E-state index contributed by atoms with van der Waals surface area (Å²) in [7, 11) is 0. The molecule has 0 aliphatic carbocycles. The summed E-state index contributed by atoms with van der Waals surface area (Å²) in [5.74, 6) is -1.88. The minimum atomic E-state index is -0.887. The summed E-state index contributed by atoms with van der Waals surface area (Å²) in [4.78, 5) is 36.2. The molecule has 3 rings (SSSR count). The van der Waals surface area contributed by atoms with Crippen LogP contribution >= 0.6 is 11.6 Å². The minimum absolute atomic E-state index is 0.0254. The molecule has 156 valence electrons. The largest absolute Gasteiger partial charge is 0.368 e. The lowest BCUT2D eigenvalue weighted by Gasteiger charge is -2.20. The molecule has 0 saturated carbocycles. The van der Waals surface area contributed by atoms with Crippen molar-refractivity contribution in [2.24, 2.45) is 10.8 Å². The summed E-state index contributed by atoms with van der Waals surface area (Å²) in [5, 5.41) is 11.1. The van der Waals surface area contributed by atoms with Gasteiger partial charge in [0.05, 0.1) is 16.4 Å². The van der Waals surface area contributed by atoms with Gasteiger partial charge >= 0.3 is 0 Å². The third-order valence-corrected chi connectivity index (χ3v) is 4.74. The Labute approximate surface area is 176 Å². The van der Waals surface area contributed by atoms with Crippen LogP contribution in [0.15, 0.2) is 47.6 Å². The van der Waals surface area contributed by atoms with Crippen LogP contribution in [0.4, 0.5) is 21.5 Å². The highest BCUT2D eigenvalue weighted by Crippen LogP contribution is 2.28. The highest BCUT2D eigenvalue weighted by Gasteiger charge is 2.35. The molecule has 1 atom stereocenters. The van der Waals surface area contributed by atoms with Crippen molar-refractivity contribution in [3.8, 4) is 0 Å². The topological polar surface area (TPSA) is 117 Å². The zero-order valence-corrected chi connectivity index (χ0v) is 16.7. The third kappa shape index (κ3) is 4.74. The average Bonchev–Trinajstić information content (AvgIpc) is 3.17. The Morgan fingerprint density at radius 2 is 1.90 bits per heavy atom. The molecular weight excluding hydrogens is 413 g/mol. The maximum atomic E-state index is 13.2. The number of amides is 3. The van der Waals surface area contributed by atoms with E-state index in [2.05, 4.69) is 15.7 Å². The van der Waals surface area contributed by atoms with E-state index in [9.17, 15) is 18.8 Å².